The van der Waals surface area contributed by atoms with E-state index in [4.69, 9.17) is 10.5 Å². The van der Waals surface area contributed by atoms with Crippen molar-refractivity contribution in [1.29, 1.82) is 0 Å². The summed E-state index contributed by atoms with van der Waals surface area (Å²) in [6, 6.07) is 18.5. The summed E-state index contributed by atoms with van der Waals surface area (Å²) in [4.78, 5) is 14.5. The number of rotatable bonds is 5. The molecular weight excluding hydrogens is 462 g/mol. The van der Waals surface area contributed by atoms with Crippen molar-refractivity contribution in [3.8, 4) is 0 Å². The molecule has 0 spiro atoms. The molecule has 1 heterocycles. The van der Waals surface area contributed by atoms with Crippen LogP contribution in [-0.4, -0.2) is 39.2 Å². The molecule has 0 aromatic heterocycles. The lowest BCUT2D eigenvalue weighted by molar-refractivity contribution is 0.0497. The molecule has 3 aromatic carbocycles. The van der Waals surface area contributed by atoms with Gasteiger partial charge < -0.3 is 20.7 Å². The number of nitrogens with two attached hydrogens (primary N) is 1. The zero-order chi connectivity index (χ0) is 25.2. The molecule has 3 aromatic rings. The van der Waals surface area contributed by atoms with Crippen molar-refractivity contribution >= 4 is 38.1 Å². The molecule has 1 aliphatic rings. The van der Waals surface area contributed by atoms with Crippen molar-refractivity contribution in [2.75, 3.05) is 23.7 Å². The number of nitrogens with one attached hydrogen (secondary N) is 1. The quantitative estimate of drug-likeness (QED) is 0.489. The van der Waals surface area contributed by atoms with Gasteiger partial charge in [0.15, 0.2) is 9.84 Å². The molecule has 0 radical (unpaired) electrons. The topological polar surface area (TPSA) is 102 Å². The number of benzene rings is 3. The van der Waals surface area contributed by atoms with Crippen LogP contribution in [0.3, 0.4) is 0 Å². The highest BCUT2D eigenvalue weighted by Crippen LogP contribution is 2.28. The summed E-state index contributed by atoms with van der Waals surface area (Å²) in [7, 11) is -3.57. The van der Waals surface area contributed by atoms with Crippen LogP contribution in [0.15, 0.2) is 65.6 Å². The third-order valence-electron chi connectivity index (χ3n) is 6.13. The van der Waals surface area contributed by atoms with Crippen LogP contribution in [0.2, 0.25) is 0 Å². The number of fused-ring (bicyclic) bond motifs is 1. The van der Waals surface area contributed by atoms with Gasteiger partial charge in [-0.25, -0.2) is 13.2 Å². The Bertz CT molecular complexity index is 1320. The number of anilines is 2. The van der Waals surface area contributed by atoms with Crippen LogP contribution < -0.4 is 16.0 Å². The monoisotopic (exact) mass is 495 g/mol. The lowest BCUT2D eigenvalue weighted by atomic mass is 10.0. The Balaban J connectivity index is 1.44. The number of nitrogen functional groups attached to an aromatic ring is 1. The van der Waals surface area contributed by atoms with Crippen molar-refractivity contribution in [3.63, 3.8) is 0 Å². The Hall–Kier alpha value is -3.26. The van der Waals surface area contributed by atoms with E-state index in [9.17, 15) is 13.2 Å². The number of hydrogen-bond donors (Lipinski definition) is 2. The minimum atomic E-state index is -3.57. The standard InChI is InChI=1S/C27H33N3O4S/c1-27(2,3)34-26(31)29-22-12-14-30(15-13-22)23-9-11-25(28)21(16-23)18-35(32,33)24-10-8-19-6-4-5-7-20(19)17-24/h4-11,16-17,22H,12-15,18,28H2,1-3H3,(H,29,31). The third-order valence-corrected chi connectivity index (χ3v) is 7.80. The zero-order valence-electron chi connectivity index (χ0n) is 20.5. The van der Waals surface area contributed by atoms with Gasteiger partial charge in [0.1, 0.15) is 5.60 Å². The van der Waals surface area contributed by atoms with E-state index in [0.29, 0.717) is 11.3 Å². The fourth-order valence-corrected chi connectivity index (χ4v) is 5.73. The summed E-state index contributed by atoms with van der Waals surface area (Å²) in [5.74, 6) is -0.165. The second-order valence-corrected chi connectivity index (χ2v) is 12.0. The third kappa shape index (κ3) is 6.25. The van der Waals surface area contributed by atoms with Crippen LogP contribution in [-0.2, 0) is 20.3 Å². The van der Waals surface area contributed by atoms with Crippen molar-refractivity contribution in [2.45, 2.75) is 55.9 Å². The molecule has 4 rings (SSSR count). The molecule has 8 heteroatoms. The van der Waals surface area contributed by atoms with Crippen LogP contribution in [0, 0.1) is 0 Å². The van der Waals surface area contributed by atoms with Crippen LogP contribution in [0.4, 0.5) is 16.2 Å². The maximum absolute atomic E-state index is 13.2. The first kappa shape index (κ1) is 24.9. The van der Waals surface area contributed by atoms with Crippen molar-refractivity contribution in [1.82, 2.24) is 5.32 Å². The van der Waals surface area contributed by atoms with E-state index in [1.165, 1.54) is 0 Å². The highest BCUT2D eigenvalue weighted by Gasteiger charge is 2.25. The number of hydrogen-bond acceptors (Lipinski definition) is 6. The van der Waals surface area contributed by atoms with E-state index in [1.807, 2.05) is 63.2 Å². The summed E-state index contributed by atoms with van der Waals surface area (Å²) in [6.45, 7) is 7.00. The van der Waals surface area contributed by atoms with Gasteiger partial charge >= 0.3 is 6.09 Å². The molecule has 1 saturated heterocycles. The summed E-state index contributed by atoms with van der Waals surface area (Å²) in [6.07, 6.45) is 1.15. The maximum Gasteiger partial charge on any atom is 0.407 e. The highest BCUT2D eigenvalue weighted by molar-refractivity contribution is 7.90. The SMILES string of the molecule is CC(C)(C)OC(=O)NC1CCN(c2ccc(N)c(CS(=O)(=O)c3ccc4ccccc4c3)c2)CC1. The van der Waals surface area contributed by atoms with E-state index < -0.39 is 21.5 Å². The first-order valence-corrected chi connectivity index (χ1v) is 13.5. The second kappa shape index (κ2) is 9.77. The molecule has 7 nitrogen and oxygen atoms in total. The molecule has 0 unspecified atom stereocenters. The molecule has 3 N–H and O–H groups in total. The lowest BCUT2D eigenvalue weighted by Crippen LogP contribution is -2.46. The van der Waals surface area contributed by atoms with Crippen LogP contribution in [0.25, 0.3) is 10.8 Å². The maximum atomic E-state index is 13.2. The second-order valence-electron chi connectivity index (χ2n) is 10.1. The number of carbonyl (C=O) groups is 1. The number of amides is 1. The lowest BCUT2D eigenvalue weighted by Gasteiger charge is -2.34. The molecule has 186 valence electrons. The first-order chi connectivity index (χ1) is 16.5. The number of alkyl carbamates (subject to hydrolysis) is 1. The predicted octanol–water partition coefficient (Wildman–Crippen LogP) is 4.89. The first-order valence-electron chi connectivity index (χ1n) is 11.8. The Morgan fingerprint density at radius 2 is 1.71 bits per heavy atom. The van der Waals surface area contributed by atoms with Crippen molar-refractivity contribution in [2.24, 2.45) is 0 Å². The molecule has 0 saturated carbocycles. The minimum absolute atomic E-state index is 0.0441. The van der Waals surface area contributed by atoms with Crippen LogP contribution in [0.5, 0.6) is 0 Å². The van der Waals surface area contributed by atoms with Gasteiger partial charge in [0, 0.05) is 30.5 Å². The molecular formula is C27H33N3O4S. The van der Waals surface area contributed by atoms with E-state index in [0.717, 1.165) is 42.4 Å². The van der Waals surface area contributed by atoms with E-state index in [2.05, 4.69) is 10.2 Å². The number of carbonyl (C=O) groups excluding carboxylic acids is 1. The summed E-state index contributed by atoms with van der Waals surface area (Å²) < 4.78 is 31.8. The highest BCUT2D eigenvalue weighted by atomic mass is 32.2. The Morgan fingerprint density at radius 3 is 2.40 bits per heavy atom. The van der Waals surface area contributed by atoms with Crippen LogP contribution >= 0.6 is 0 Å². The Kier molecular flexibility index (Phi) is 6.94. The van der Waals surface area contributed by atoms with Gasteiger partial charge in [-0.2, -0.15) is 0 Å². The molecule has 0 bridgehead atoms. The van der Waals surface area contributed by atoms with Gasteiger partial charge in [-0.15, -0.1) is 0 Å². The molecule has 1 amide bonds. The van der Waals surface area contributed by atoms with E-state index >= 15 is 0 Å². The summed E-state index contributed by atoms with van der Waals surface area (Å²) in [5, 5.41) is 4.83. The van der Waals surface area contributed by atoms with Gasteiger partial charge in [0.25, 0.3) is 0 Å². The van der Waals surface area contributed by atoms with Crippen molar-refractivity contribution < 1.29 is 17.9 Å². The molecule has 35 heavy (non-hydrogen) atoms. The number of piperidine rings is 1. The van der Waals surface area contributed by atoms with Gasteiger partial charge in [-0.05, 0) is 80.3 Å². The average Bonchev–Trinajstić information content (AvgIpc) is 2.79. The molecule has 0 aliphatic carbocycles. The number of ether oxygens (including phenoxy) is 1. The number of sulfone groups is 1. The largest absolute Gasteiger partial charge is 0.444 e. The fourth-order valence-electron chi connectivity index (χ4n) is 4.32. The molecule has 1 aliphatic heterocycles. The zero-order valence-corrected chi connectivity index (χ0v) is 21.3. The Labute approximate surface area is 207 Å². The summed E-state index contributed by atoms with van der Waals surface area (Å²) >= 11 is 0. The normalized spacial score (nSPS) is 15.2. The van der Waals surface area contributed by atoms with Crippen LogP contribution in [0.1, 0.15) is 39.2 Å². The minimum Gasteiger partial charge on any atom is -0.444 e. The van der Waals surface area contributed by atoms with Crippen molar-refractivity contribution in [3.05, 3.63) is 66.2 Å². The Morgan fingerprint density at radius 1 is 1.03 bits per heavy atom. The van der Waals surface area contributed by atoms with Gasteiger partial charge in [-0.3, -0.25) is 0 Å². The smallest absolute Gasteiger partial charge is 0.407 e. The number of nitrogens with zero attached hydrogens (tertiary/aromatic N) is 1. The van der Waals surface area contributed by atoms with Gasteiger partial charge in [-0.1, -0.05) is 30.3 Å². The van der Waals surface area contributed by atoms with E-state index in [1.54, 1.807) is 18.2 Å². The van der Waals surface area contributed by atoms with Gasteiger partial charge in [0.2, 0.25) is 0 Å². The van der Waals surface area contributed by atoms with E-state index in [-0.39, 0.29) is 16.7 Å². The molecule has 1 fully saturated rings. The fraction of sp³-hybridized carbons (Fsp3) is 0.370. The predicted molar refractivity (Wildman–Crippen MR) is 140 cm³/mol. The molecule has 0 atom stereocenters. The van der Waals surface area contributed by atoms with Gasteiger partial charge in [0.05, 0.1) is 10.6 Å². The summed E-state index contributed by atoms with van der Waals surface area (Å²) in [5.41, 5.74) is 7.62. The average molecular weight is 496 g/mol.